The Hall–Kier alpha value is -3.23. The highest BCUT2D eigenvalue weighted by Gasteiger charge is 2.31. The van der Waals surface area contributed by atoms with Gasteiger partial charge in [0.15, 0.2) is 17.3 Å². The van der Waals surface area contributed by atoms with E-state index in [-0.39, 0.29) is 31.3 Å². The van der Waals surface area contributed by atoms with E-state index in [1.54, 1.807) is 12.4 Å². The number of nitrogens with one attached hydrogen (secondary N) is 1. The molecule has 200 valence electrons. The van der Waals surface area contributed by atoms with Crippen LogP contribution in [0.4, 0.5) is 11.8 Å². The Morgan fingerprint density at radius 3 is 2.61 bits per heavy atom. The molecule has 1 atom stereocenters. The van der Waals surface area contributed by atoms with Crippen molar-refractivity contribution in [1.29, 1.82) is 0 Å². The lowest BCUT2D eigenvalue weighted by molar-refractivity contribution is 0.122. The quantitative estimate of drug-likeness (QED) is 0.343. The number of fused-ring (bicyclic) bond motifs is 1. The number of aromatic nitrogens is 4. The molecule has 1 aromatic carbocycles. The molecule has 1 saturated heterocycles. The molecule has 0 bridgehead atoms. The zero-order chi connectivity index (χ0) is 25.9. The van der Waals surface area contributed by atoms with E-state index in [0.717, 1.165) is 22.9 Å². The molecule has 0 radical (unpaired) electrons. The molecule has 0 spiro atoms. The maximum atomic E-state index is 13.0. The van der Waals surface area contributed by atoms with E-state index < -0.39 is 11.0 Å². The molecular weight excluding hydrogens is 580 g/mol. The van der Waals surface area contributed by atoms with Gasteiger partial charge in [0.2, 0.25) is 18.6 Å². The van der Waals surface area contributed by atoms with Crippen LogP contribution in [0.5, 0.6) is 23.4 Å². The Kier molecular flexibility index (Phi) is 7.42. The lowest BCUT2D eigenvalue weighted by Crippen LogP contribution is -2.37. The molecule has 4 heterocycles. The Bertz CT molecular complexity index is 1320. The Morgan fingerprint density at radius 1 is 1.05 bits per heavy atom. The first-order valence-electron chi connectivity index (χ1n) is 12.2. The van der Waals surface area contributed by atoms with Gasteiger partial charge in [-0.2, -0.15) is 9.97 Å². The summed E-state index contributed by atoms with van der Waals surface area (Å²) in [5.74, 6) is 2.49. The summed E-state index contributed by atoms with van der Waals surface area (Å²) in [6, 6.07) is 5.80. The summed E-state index contributed by atoms with van der Waals surface area (Å²) in [7, 11) is -1.29. The largest absolute Gasteiger partial charge is 0.473 e. The van der Waals surface area contributed by atoms with Crippen molar-refractivity contribution in [1.82, 2.24) is 19.9 Å². The van der Waals surface area contributed by atoms with Crippen LogP contribution < -0.4 is 28.6 Å². The van der Waals surface area contributed by atoms with Gasteiger partial charge in [-0.3, -0.25) is 4.72 Å². The summed E-state index contributed by atoms with van der Waals surface area (Å²) in [6.45, 7) is 2.93. The zero-order valence-corrected chi connectivity index (χ0v) is 22.7. The minimum atomic E-state index is -1.29. The molecule has 3 aromatic rings. The van der Waals surface area contributed by atoms with E-state index in [0.29, 0.717) is 61.0 Å². The fourth-order valence-corrected chi connectivity index (χ4v) is 5.21. The van der Waals surface area contributed by atoms with Crippen LogP contribution >= 0.6 is 15.9 Å². The van der Waals surface area contributed by atoms with Gasteiger partial charge >= 0.3 is 6.01 Å². The molecule has 1 saturated carbocycles. The van der Waals surface area contributed by atoms with Gasteiger partial charge in [0.05, 0.1) is 28.5 Å². The van der Waals surface area contributed by atoms with Crippen LogP contribution in [0, 0.1) is 0 Å². The summed E-state index contributed by atoms with van der Waals surface area (Å²) in [4.78, 5) is 19.8. The number of ether oxygens (including phenoxy) is 5. The third-order valence-electron chi connectivity index (χ3n) is 5.99. The van der Waals surface area contributed by atoms with Crippen molar-refractivity contribution in [3.05, 3.63) is 35.1 Å². The SMILES string of the molecule is O=S(Nc1nc(N2CCOCC2)nc(OCCOc2ncc(Br)cn2)c1-c1ccc2c(c1)OCO2)C1CC1. The number of morpholine rings is 1. The zero-order valence-electron chi connectivity index (χ0n) is 20.3. The summed E-state index contributed by atoms with van der Waals surface area (Å²) >= 11 is 3.31. The molecule has 2 fully saturated rings. The van der Waals surface area contributed by atoms with Crippen molar-refractivity contribution in [2.45, 2.75) is 18.1 Å². The van der Waals surface area contributed by atoms with Crippen molar-refractivity contribution < 1.29 is 27.9 Å². The number of halogens is 1. The Morgan fingerprint density at radius 2 is 1.82 bits per heavy atom. The maximum absolute atomic E-state index is 13.0. The van der Waals surface area contributed by atoms with Crippen LogP contribution in [0.3, 0.4) is 0 Å². The average Bonchev–Trinajstić information content (AvgIpc) is 3.70. The number of anilines is 2. The monoisotopic (exact) mass is 604 g/mol. The predicted molar refractivity (Wildman–Crippen MR) is 142 cm³/mol. The second-order valence-corrected chi connectivity index (χ2v) is 11.1. The molecule has 0 amide bonds. The van der Waals surface area contributed by atoms with Crippen molar-refractivity contribution >= 4 is 38.7 Å². The molecule has 3 aliphatic rings. The number of nitrogens with zero attached hydrogens (tertiary/aromatic N) is 5. The molecule has 1 unspecified atom stereocenters. The van der Waals surface area contributed by atoms with Crippen molar-refractivity contribution in [2.24, 2.45) is 0 Å². The van der Waals surface area contributed by atoms with E-state index in [4.69, 9.17) is 33.7 Å². The first kappa shape index (κ1) is 25.1. The Balaban J connectivity index is 1.33. The van der Waals surface area contributed by atoms with Gasteiger partial charge in [-0.15, -0.1) is 0 Å². The van der Waals surface area contributed by atoms with Gasteiger partial charge in [-0.05, 0) is 46.5 Å². The van der Waals surface area contributed by atoms with E-state index in [1.165, 1.54) is 0 Å². The number of hydrogen-bond donors (Lipinski definition) is 1. The third-order valence-corrected chi connectivity index (χ3v) is 7.87. The van der Waals surface area contributed by atoms with E-state index in [1.807, 2.05) is 23.1 Å². The van der Waals surface area contributed by atoms with Crippen LogP contribution in [0.2, 0.25) is 0 Å². The molecule has 2 aliphatic heterocycles. The molecule has 14 heteroatoms. The van der Waals surface area contributed by atoms with E-state index in [9.17, 15) is 4.21 Å². The summed E-state index contributed by atoms with van der Waals surface area (Å²) in [6.07, 6.45) is 5.05. The lowest BCUT2D eigenvalue weighted by atomic mass is 10.1. The molecule has 1 aliphatic carbocycles. The predicted octanol–water partition coefficient (Wildman–Crippen LogP) is 2.96. The van der Waals surface area contributed by atoms with E-state index >= 15 is 0 Å². The topological polar surface area (TPSA) is 130 Å². The van der Waals surface area contributed by atoms with Crippen molar-refractivity contribution in [3.63, 3.8) is 0 Å². The van der Waals surface area contributed by atoms with Gasteiger partial charge in [0.25, 0.3) is 0 Å². The van der Waals surface area contributed by atoms with Gasteiger partial charge in [-0.25, -0.2) is 14.2 Å². The van der Waals surface area contributed by atoms with Gasteiger partial charge in [-0.1, -0.05) is 6.07 Å². The standard InChI is InChI=1S/C24H25BrN6O6S/c25-16-12-26-24(27-13-16)35-10-9-34-22-20(15-1-4-18-19(11-15)37-14-36-18)21(30-38(32)17-2-3-17)28-23(29-22)31-5-7-33-8-6-31/h1,4,11-13,17H,2-3,5-10,14H2,(H,28,29,30). The molecule has 1 N–H and O–H groups in total. The summed E-state index contributed by atoms with van der Waals surface area (Å²) in [5.41, 5.74) is 1.32. The molecule has 12 nitrogen and oxygen atoms in total. The fourth-order valence-electron chi connectivity index (χ4n) is 3.93. The number of benzene rings is 1. The lowest BCUT2D eigenvalue weighted by Gasteiger charge is -2.28. The second kappa shape index (κ2) is 11.3. The van der Waals surface area contributed by atoms with Gasteiger partial charge in [0.1, 0.15) is 24.2 Å². The van der Waals surface area contributed by atoms with Gasteiger partial charge in [0, 0.05) is 25.5 Å². The summed E-state index contributed by atoms with van der Waals surface area (Å²) in [5, 5.41) is 0.102. The minimum Gasteiger partial charge on any atom is -0.473 e. The Labute approximate surface area is 229 Å². The van der Waals surface area contributed by atoms with Gasteiger partial charge < -0.3 is 28.6 Å². The highest BCUT2D eigenvalue weighted by atomic mass is 79.9. The van der Waals surface area contributed by atoms with Crippen LogP contribution in [0.15, 0.2) is 35.1 Å². The number of rotatable bonds is 10. The maximum Gasteiger partial charge on any atom is 0.316 e. The molecular formula is C24H25BrN6O6S. The first-order chi connectivity index (χ1) is 18.6. The highest BCUT2D eigenvalue weighted by molar-refractivity contribution is 9.10. The summed E-state index contributed by atoms with van der Waals surface area (Å²) < 4.78 is 45.3. The molecule has 6 rings (SSSR count). The first-order valence-corrected chi connectivity index (χ1v) is 14.2. The molecule has 38 heavy (non-hydrogen) atoms. The second-order valence-electron chi connectivity index (χ2n) is 8.70. The van der Waals surface area contributed by atoms with Crippen molar-refractivity contribution in [3.8, 4) is 34.5 Å². The van der Waals surface area contributed by atoms with Crippen LogP contribution in [-0.2, 0) is 15.7 Å². The highest BCUT2D eigenvalue weighted by Crippen LogP contribution is 2.42. The van der Waals surface area contributed by atoms with E-state index in [2.05, 4.69) is 30.6 Å². The minimum absolute atomic E-state index is 0.102. The van der Waals surface area contributed by atoms with Crippen molar-refractivity contribution in [2.75, 3.05) is 55.9 Å². The van der Waals surface area contributed by atoms with Crippen LogP contribution in [0.25, 0.3) is 11.1 Å². The van der Waals surface area contributed by atoms with Crippen LogP contribution in [-0.4, -0.2) is 75.7 Å². The normalized spacial score (nSPS) is 17.2. The van der Waals surface area contributed by atoms with Crippen LogP contribution in [0.1, 0.15) is 12.8 Å². The number of hydrogen-bond acceptors (Lipinski definition) is 11. The molecule has 2 aromatic heterocycles. The third kappa shape index (κ3) is 5.76. The fraction of sp³-hybridized carbons (Fsp3) is 0.417. The smallest absolute Gasteiger partial charge is 0.316 e. The average molecular weight is 605 g/mol.